The number of aryl methyl sites for hydroxylation is 2. The van der Waals surface area contributed by atoms with Crippen molar-refractivity contribution in [3.8, 4) is 11.5 Å². The highest BCUT2D eigenvalue weighted by Gasteiger charge is 2.30. The van der Waals surface area contributed by atoms with Crippen LogP contribution in [0.1, 0.15) is 44.2 Å². The number of hydrogen-bond acceptors (Lipinski definition) is 5. The second kappa shape index (κ2) is 6.59. The van der Waals surface area contributed by atoms with Gasteiger partial charge in [0.05, 0.1) is 5.39 Å². The van der Waals surface area contributed by atoms with Crippen molar-refractivity contribution < 1.29 is 18.7 Å². The van der Waals surface area contributed by atoms with Gasteiger partial charge in [-0.15, -0.1) is 0 Å². The minimum Gasteiger partial charge on any atom is -0.487 e. The highest BCUT2D eigenvalue weighted by Crippen LogP contribution is 2.42. The molecule has 0 unspecified atom stereocenters. The maximum Gasteiger partial charge on any atom is 0.336 e. The molecule has 0 N–H and O–H groups in total. The summed E-state index contributed by atoms with van der Waals surface area (Å²) >= 11 is 0. The van der Waals surface area contributed by atoms with E-state index < -0.39 is 5.63 Å². The van der Waals surface area contributed by atoms with Gasteiger partial charge in [0.2, 0.25) is 0 Å². The van der Waals surface area contributed by atoms with Crippen LogP contribution >= 0.6 is 0 Å². The Kier molecular flexibility index (Phi) is 4.36. The number of rotatable bonds is 3. The van der Waals surface area contributed by atoms with Gasteiger partial charge in [0, 0.05) is 30.8 Å². The Balaban J connectivity index is 1.75. The summed E-state index contributed by atoms with van der Waals surface area (Å²) in [6.07, 6.45) is 3.68. The van der Waals surface area contributed by atoms with Gasteiger partial charge >= 0.3 is 5.63 Å². The summed E-state index contributed by atoms with van der Waals surface area (Å²) in [5, 5.41) is 0.742. The minimum atomic E-state index is -0.391. The van der Waals surface area contributed by atoms with Crippen LogP contribution in [0.25, 0.3) is 11.0 Å². The first kappa shape index (κ1) is 17.9. The SMILES string of the molecule is Cc1cc(=O)oc2c3c(cc(OCC(=O)N4CCCC4)c12)OC(C)(C)CC3. The normalized spacial score (nSPS) is 18.3. The molecule has 0 radical (unpaired) electrons. The molecule has 6 heteroatoms. The fourth-order valence-corrected chi connectivity index (χ4v) is 3.93. The van der Waals surface area contributed by atoms with Crippen LogP contribution in [-0.4, -0.2) is 36.1 Å². The third kappa shape index (κ3) is 3.40. The van der Waals surface area contributed by atoms with E-state index in [0.29, 0.717) is 17.1 Å². The van der Waals surface area contributed by atoms with Crippen LogP contribution in [0.3, 0.4) is 0 Å². The van der Waals surface area contributed by atoms with Gasteiger partial charge in [0.1, 0.15) is 22.7 Å². The molecule has 144 valence electrons. The topological polar surface area (TPSA) is 69.0 Å². The summed E-state index contributed by atoms with van der Waals surface area (Å²) in [6.45, 7) is 7.47. The van der Waals surface area contributed by atoms with Gasteiger partial charge in [-0.1, -0.05) is 0 Å². The van der Waals surface area contributed by atoms with Crippen molar-refractivity contribution in [3.63, 3.8) is 0 Å². The van der Waals surface area contributed by atoms with Crippen molar-refractivity contribution in [1.29, 1.82) is 0 Å². The number of likely N-dealkylation sites (tertiary alicyclic amines) is 1. The van der Waals surface area contributed by atoms with Gasteiger partial charge in [-0.05, 0) is 52.0 Å². The minimum absolute atomic E-state index is 0.0188. The second-order valence-electron chi connectivity index (χ2n) is 8.04. The van der Waals surface area contributed by atoms with Crippen LogP contribution in [0, 0.1) is 6.92 Å². The van der Waals surface area contributed by atoms with E-state index in [9.17, 15) is 9.59 Å². The van der Waals surface area contributed by atoms with Crippen molar-refractivity contribution >= 4 is 16.9 Å². The molecule has 0 bridgehead atoms. The number of benzene rings is 1. The van der Waals surface area contributed by atoms with Gasteiger partial charge in [-0.3, -0.25) is 4.79 Å². The summed E-state index contributed by atoms with van der Waals surface area (Å²) in [5.41, 5.74) is 1.49. The van der Waals surface area contributed by atoms with E-state index >= 15 is 0 Å². The Bertz CT molecular complexity index is 953. The first-order valence-corrected chi connectivity index (χ1v) is 9.54. The lowest BCUT2D eigenvalue weighted by molar-refractivity contribution is -0.132. The summed E-state index contributed by atoms with van der Waals surface area (Å²) in [4.78, 5) is 26.2. The highest BCUT2D eigenvalue weighted by atomic mass is 16.5. The second-order valence-corrected chi connectivity index (χ2v) is 8.04. The zero-order valence-corrected chi connectivity index (χ0v) is 16.1. The van der Waals surface area contributed by atoms with Crippen LogP contribution < -0.4 is 15.1 Å². The number of ether oxygens (including phenoxy) is 2. The molecule has 1 aromatic carbocycles. The van der Waals surface area contributed by atoms with Gasteiger partial charge in [0.25, 0.3) is 5.91 Å². The number of fused-ring (bicyclic) bond motifs is 3. The van der Waals surface area contributed by atoms with Crippen molar-refractivity contribution in [1.82, 2.24) is 4.90 Å². The van der Waals surface area contributed by atoms with Crippen LogP contribution in [0.15, 0.2) is 21.3 Å². The Morgan fingerprint density at radius 1 is 1.26 bits per heavy atom. The third-order valence-electron chi connectivity index (χ3n) is 5.41. The maximum absolute atomic E-state index is 12.4. The molecular formula is C21H25NO5. The van der Waals surface area contributed by atoms with Crippen LogP contribution in [0.5, 0.6) is 11.5 Å². The molecule has 2 aliphatic rings. The van der Waals surface area contributed by atoms with E-state index in [2.05, 4.69) is 0 Å². The lowest BCUT2D eigenvalue weighted by Crippen LogP contribution is -2.33. The number of nitrogens with zero attached hydrogens (tertiary/aromatic N) is 1. The van der Waals surface area contributed by atoms with Crippen molar-refractivity contribution in [2.75, 3.05) is 19.7 Å². The van der Waals surface area contributed by atoms with E-state index in [4.69, 9.17) is 13.9 Å². The molecule has 0 spiro atoms. The molecule has 0 saturated carbocycles. The Labute approximate surface area is 158 Å². The smallest absolute Gasteiger partial charge is 0.336 e. The van der Waals surface area contributed by atoms with E-state index in [1.165, 1.54) is 6.07 Å². The molecule has 1 aromatic heterocycles. The lowest BCUT2D eigenvalue weighted by Gasteiger charge is -2.33. The third-order valence-corrected chi connectivity index (χ3v) is 5.41. The van der Waals surface area contributed by atoms with Gasteiger partial charge in [-0.25, -0.2) is 4.79 Å². The van der Waals surface area contributed by atoms with Crippen LogP contribution in [0.4, 0.5) is 0 Å². The van der Waals surface area contributed by atoms with Crippen molar-refractivity contribution in [2.24, 2.45) is 0 Å². The maximum atomic E-state index is 12.4. The Hall–Kier alpha value is -2.50. The van der Waals surface area contributed by atoms with E-state index in [1.807, 2.05) is 31.7 Å². The van der Waals surface area contributed by atoms with E-state index in [1.54, 1.807) is 0 Å². The summed E-state index contributed by atoms with van der Waals surface area (Å²) < 4.78 is 17.6. The molecule has 0 atom stereocenters. The Morgan fingerprint density at radius 3 is 2.74 bits per heavy atom. The fourth-order valence-electron chi connectivity index (χ4n) is 3.93. The predicted octanol–water partition coefficient (Wildman–Crippen LogP) is 3.21. The number of hydrogen-bond donors (Lipinski definition) is 0. The molecule has 1 fully saturated rings. The number of carbonyl (C=O) groups excluding carboxylic acids is 1. The zero-order chi connectivity index (χ0) is 19.2. The molecule has 1 saturated heterocycles. The average molecular weight is 371 g/mol. The quantitative estimate of drug-likeness (QED) is 0.775. The van der Waals surface area contributed by atoms with Gasteiger partial charge in [-0.2, -0.15) is 0 Å². The molecule has 27 heavy (non-hydrogen) atoms. The molecule has 3 heterocycles. The summed E-state index contributed by atoms with van der Waals surface area (Å²) in [7, 11) is 0. The van der Waals surface area contributed by atoms with Crippen molar-refractivity contribution in [2.45, 2.75) is 52.1 Å². The molecular weight excluding hydrogens is 346 g/mol. The first-order valence-electron chi connectivity index (χ1n) is 9.54. The van der Waals surface area contributed by atoms with Gasteiger partial charge < -0.3 is 18.8 Å². The van der Waals surface area contributed by atoms with Crippen LogP contribution in [0.2, 0.25) is 0 Å². The molecule has 6 nitrogen and oxygen atoms in total. The number of carbonyl (C=O) groups is 1. The van der Waals surface area contributed by atoms with Crippen LogP contribution in [-0.2, 0) is 11.2 Å². The molecule has 4 rings (SSSR count). The summed E-state index contributed by atoms with van der Waals surface area (Å²) in [5.74, 6) is 1.17. The first-order chi connectivity index (χ1) is 12.8. The molecule has 0 aliphatic carbocycles. The molecule has 2 aliphatic heterocycles. The van der Waals surface area contributed by atoms with E-state index in [0.717, 1.165) is 55.3 Å². The van der Waals surface area contributed by atoms with E-state index in [-0.39, 0.29) is 18.1 Å². The fraction of sp³-hybridized carbons (Fsp3) is 0.524. The zero-order valence-electron chi connectivity index (χ0n) is 16.1. The lowest BCUT2D eigenvalue weighted by atomic mass is 9.92. The highest BCUT2D eigenvalue weighted by molar-refractivity contribution is 5.91. The Morgan fingerprint density at radius 2 is 2.00 bits per heavy atom. The predicted molar refractivity (Wildman–Crippen MR) is 102 cm³/mol. The number of amides is 1. The standard InChI is InChI=1S/C21H25NO5/c1-13-10-18(24)26-20-14-6-7-21(2,3)27-15(14)11-16(19(13)20)25-12-17(23)22-8-4-5-9-22/h10-11H,4-9,12H2,1-3H3. The molecule has 2 aromatic rings. The van der Waals surface area contributed by atoms with Crippen molar-refractivity contribution in [3.05, 3.63) is 33.7 Å². The largest absolute Gasteiger partial charge is 0.487 e. The summed E-state index contributed by atoms with van der Waals surface area (Å²) in [6, 6.07) is 3.29. The van der Waals surface area contributed by atoms with Gasteiger partial charge in [0.15, 0.2) is 6.61 Å². The average Bonchev–Trinajstić information content (AvgIpc) is 3.12. The molecule has 1 amide bonds. The monoisotopic (exact) mass is 371 g/mol.